The molecule has 3 aromatic rings. The Morgan fingerprint density at radius 1 is 1.03 bits per heavy atom. The van der Waals surface area contributed by atoms with E-state index >= 15 is 0 Å². The number of imidazole rings is 1. The quantitative estimate of drug-likeness (QED) is 0.534. The predicted molar refractivity (Wildman–Crippen MR) is 124 cm³/mol. The summed E-state index contributed by atoms with van der Waals surface area (Å²) in [5.41, 5.74) is 3.55. The number of thioether (sulfide) groups is 1. The molecule has 0 atom stereocenters. The second kappa shape index (κ2) is 9.67. The molecule has 2 aromatic carbocycles. The van der Waals surface area contributed by atoms with Crippen molar-refractivity contribution in [2.75, 3.05) is 31.9 Å². The zero-order valence-electron chi connectivity index (χ0n) is 17.9. The van der Waals surface area contributed by atoms with Gasteiger partial charge in [-0.25, -0.2) is 4.98 Å². The van der Waals surface area contributed by atoms with Gasteiger partial charge in [0.05, 0.1) is 17.6 Å². The average molecular weight is 423 g/mol. The van der Waals surface area contributed by atoms with Crippen LogP contribution >= 0.6 is 11.8 Å². The first-order valence-corrected chi connectivity index (χ1v) is 11.8. The zero-order chi connectivity index (χ0) is 20.9. The van der Waals surface area contributed by atoms with Crippen molar-refractivity contribution in [2.24, 2.45) is 0 Å². The summed E-state index contributed by atoms with van der Waals surface area (Å²) in [6.07, 6.45) is 1.17. The van der Waals surface area contributed by atoms with Crippen molar-refractivity contribution in [3.63, 3.8) is 0 Å². The van der Waals surface area contributed by atoms with Crippen molar-refractivity contribution in [3.8, 4) is 0 Å². The third kappa shape index (κ3) is 4.87. The van der Waals surface area contributed by atoms with Crippen LogP contribution in [-0.4, -0.2) is 57.2 Å². The zero-order valence-corrected chi connectivity index (χ0v) is 18.7. The van der Waals surface area contributed by atoms with Gasteiger partial charge >= 0.3 is 0 Å². The lowest BCUT2D eigenvalue weighted by Crippen LogP contribution is -2.47. The Kier molecular flexibility index (Phi) is 6.75. The van der Waals surface area contributed by atoms with E-state index in [1.165, 1.54) is 22.4 Å². The maximum Gasteiger partial charge on any atom is 0.219 e. The second-order valence-electron chi connectivity index (χ2n) is 7.88. The molecule has 0 bridgehead atoms. The molecule has 4 rings (SSSR count). The lowest BCUT2D eigenvalue weighted by molar-refractivity contribution is -0.130. The smallest absolute Gasteiger partial charge is 0.219 e. The van der Waals surface area contributed by atoms with Crippen LogP contribution in [0.4, 0.5) is 0 Å². The highest BCUT2D eigenvalue weighted by Crippen LogP contribution is 2.26. The van der Waals surface area contributed by atoms with Crippen LogP contribution in [0.15, 0.2) is 53.4 Å². The van der Waals surface area contributed by atoms with Gasteiger partial charge in [-0.15, -0.1) is 11.8 Å². The van der Waals surface area contributed by atoms with E-state index in [0.29, 0.717) is 0 Å². The Morgan fingerprint density at radius 2 is 1.80 bits per heavy atom. The van der Waals surface area contributed by atoms with E-state index in [9.17, 15) is 4.79 Å². The minimum absolute atomic E-state index is 0.170. The van der Waals surface area contributed by atoms with E-state index in [4.69, 9.17) is 4.98 Å². The standard InChI is InChI=1S/C24H30N4OS/c1-3-15-30-21-9-10-22-23(16-21)28(17-20-7-5-4-6-8-20)24(25-22)18-26-11-13-27(14-12-26)19(2)29/h4-10,16H,3,11-15,17-18H2,1-2H3. The predicted octanol–water partition coefficient (Wildman–Crippen LogP) is 4.25. The van der Waals surface area contributed by atoms with Crippen molar-refractivity contribution in [1.29, 1.82) is 0 Å². The first-order valence-electron chi connectivity index (χ1n) is 10.8. The van der Waals surface area contributed by atoms with E-state index in [2.05, 4.69) is 64.9 Å². The number of nitrogens with zero attached hydrogens (tertiary/aromatic N) is 4. The van der Waals surface area contributed by atoms with Crippen molar-refractivity contribution in [2.45, 2.75) is 38.3 Å². The summed E-state index contributed by atoms with van der Waals surface area (Å²) in [6.45, 7) is 8.89. The second-order valence-corrected chi connectivity index (χ2v) is 9.05. The molecular weight excluding hydrogens is 392 g/mol. The molecule has 0 N–H and O–H groups in total. The molecule has 1 fully saturated rings. The number of benzene rings is 2. The largest absolute Gasteiger partial charge is 0.340 e. The molecule has 1 amide bonds. The molecule has 1 aromatic heterocycles. The van der Waals surface area contributed by atoms with E-state index in [1.807, 2.05) is 16.7 Å². The molecule has 0 spiro atoms. The van der Waals surface area contributed by atoms with Crippen LogP contribution in [0.1, 0.15) is 31.7 Å². The minimum atomic E-state index is 0.170. The van der Waals surface area contributed by atoms with Crippen molar-refractivity contribution in [1.82, 2.24) is 19.4 Å². The fourth-order valence-corrected chi connectivity index (χ4v) is 4.75. The maximum absolute atomic E-state index is 11.6. The summed E-state index contributed by atoms with van der Waals surface area (Å²) in [6, 6.07) is 17.3. The monoisotopic (exact) mass is 422 g/mol. The summed E-state index contributed by atoms with van der Waals surface area (Å²) in [5.74, 6) is 2.40. The average Bonchev–Trinajstić information content (AvgIpc) is 3.09. The Bertz CT molecular complexity index is 993. The van der Waals surface area contributed by atoms with Crippen LogP contribution in [0.5, 0.6) is 0 Å². The van der Waals surface area contributed by atoms with Gasteiger partial charge < -0.3 is 9.47 Å². The topological polar surface area (TPSA) is 41.4 Å². The fourth-order valence-electron chi connectivity index (χ4n) is 3.95. The van der Waals surface area contributed by atoms with Gasteiger partial charge in [0.1, 0.15) is 5.82 Å². The number of fused-ring (bicyclic) bond motifs is 1. The number of carbonyl (C=O) groups is 1. The summed E-state index contributed by atoms with van der Waals surface area (Å²) < 4.78 is 2.37. The third-order valence-corrected chi connectivity index (χ3v) is 6.84. The van der Waals surface area contributed by atoms with Crippen LogP contribution in [0.2, 0.25) is 0 Å². The summed E-state index contributed by atoms with van der Waals surface area (Å²) in [5, 5.41) is 0. The molecule has 0 radical (unpaired) electrons. The Hall–Kier alpha value is -2.31. The van der Waals surface area contributed by atoms with Crippen molar-refractivity contribution >= 4 is 28.7 Å². The number of hydrogen-bond acceptors (Lipinski definition) is 4. The number of amides is 1. The van der Waals surface area contributed by atoms with Crippen LogP contribution < -0.4 is 0 Å². The van der Waals surface area contributed by atoms with Crippen LogP contribution in [0.3, 0.4) is 0 Å². The SMILES string of the molecule is CCCSc1ccc2nc(CN3CCN(C(C)=O)CC3)n(Cc3ccccc3)c2c1. The van der Waals surface area contributed by atoms with E-state index in [0.717, 1.165) is 56.4 Å². The van der Waals surface area contributed by atoms with Crippen LogP contribution in [0.25, 0.3) is 11.0 Å². The van der Waals surface area contributed by atoms with Crippen LogP contribution in [-0.2, 0) is 17.9 Å². The molecule has 158 valence electrons. The van der Waals surface area contributed by atoms with E-state index < -0.39 is 0 Å². The molecule has 1 aliphatic heterocycles. The molecule has 1 saturated heterocycles. The van der Waals surface area contributed by atoms with E-state index in [1.54, 1.807) is 6.92 Å². The molecular formula is C24H30N4OS. The fraction of sp³-hybridized carbons (Fsp3) is 0.417. The third-order valence-electron chi connectivity index (χ3n) is 5.64. The minimum Gasteiger partial charge on any atom is -0.340 e. The molecule has 30 heavy (non-hydrogen) atoms. The number of aromatic nitrogens is 2. The van der Waals surface area contributed by atoms with Gasteiger partial charge in [-0.3, -0.25) is 9.69 Å². The van der Waals surface area contributed by atoms with E-state index in [-0.39, 0.29) is 5.91 Å². The van der Waals surface area contributed by atoms with Gasteiger partial charge in [0.15, 0.2) is 0 Å². The highest BCUT2D eigenvalue weighted by Gasteiger charge is 2.21. The first-order chi connectivity index (χ1) is 14.6. The molecule has 0 saturated carbocycles. The van der Waals surface area contributed by atoms with Gasteiger partial charge in [0.25, 0.3) is 0 Å². The summed E-state index contributed by atoms with van der Waals surface area (Å²) in [7, 11) is 0. The molecule has 0 unspecified atom stereocenters. The summed E-state index contributed by atoms with van der Waals surface area (Å²) in [4.78, 5) is 22.3. The van der Waals surface area contributed by atoms with Gasteiger partial charge in [-0.2, -0.15) is 0 Å². The number of piperazine rings is 1. The Balaban J connectivity index is 1.62. The Labute approximate surface area is 183 Å². The number of rotatable bonds is 7. The van der Waals surface area contributed by atoms with Gasteiger partial charge in [-0.1, -0.05) is 37.3 Å². The molecule has 6 heteroatoms. The Morgan fingerprint density at radius 3 is 2.50 bits per heavy atom. The maximum atomic E-state index is 11.6. The highest BCUT2D eigenvalue weighted by molar-refractivity contribution is 7.99. The van der Waals surface area contributed by atoms with Crippen molar-refractivity contribution in [3.05, 3.63) is 59.9 Å². The molecule has 0 aliphatic carbocycles. The number of carbonyl (C=O) groups excluding carboxylic acids is 1. The first kappa shape index (κ1) is 20.9. The molecule has 1 aliphatic rings. The molecule has 5 nitrogen and oxygen atoms in total. The van der Waals surface area contributed by atoms with Gasteiger partial charge in [-0.05, 0) is 35.9 Å². The van der Waals surface area contributed by atoms with Crippen LogP contribution in [0, 0.1) is 0 Å². The molecule has 2 heterocycles. The van der Waals surface area contributed by atoms with Gasteiger partial charge in [0, 0.05) is 44.5 Å². The number of hydrogen-bond donors (Lipinski definition) is 0. The normalized spacial score (nSPS) is 15.1. The summed E-state index contributed by atoms with van der Waals surface area (Å²) >= 11 is 1.91. The lowest BCUT2D eigenvalue weighted by atomic mass is 10.2. The lowest BCUT2D eigenvalue weighted by Gasteiger charge is -2.34. The van der Waals surface area contributed by atoms with Crippen molar-refractivity contribution < 1.29 is 4.79 Å². The highest BCUT2D eigenvalue weighted by atomic mass is 32.2. The van der Waals surface area contributed by atoms with Gasteiger partial charge in [0.2, 0.25) is 5.91 Å².